The first kappa shape index (κ1) is 11.4. The van der Waals surface area contributed by atoms with Crippen molar-refractivity contribution in [3.05, 3.63) is 30.4 Å². The Kier molecular flexibility index (Phi) is 6.21. The zero-order valence-electron chi connectivity index (χ0n) is 9.17. The Labute approximate surface area is 87.8 Å². The maximum atomic E-state index is 5.62. The zero-order valence-corrected chi connectivity index (χ0v) is 9.17. The van der Waals surface area contributed by atoms with Crippen molar-refractivity contribution >= 4 is 0 Å². The fraction of sp³-hybridized carbons (Fsp3) is 0.615. The van der Waals surface area contributed by atoms with Gasteiger partial charge in [-0.25, -0.2) is 0 Å². The van der Waals surface area contributed by atoms with Gasteiger partial charge in [0.15, 0.2) is 0 Å². The van der Waals surface area contributed by atoms with Crippen LogP contribution in [0.25, 0.3) is 0 Å². The molecule has 0 N–H and O–H groups in total. The summed E-state index contributed by atoms with van der Waals surface area (Å²) in [7, 11) is 0. The molecular weight excluding hydrogens is 172 g/mol. The minimum absolute atomic E-state index is 0.875. The van der Waals surface area contributed by atoms with E-state index < -0.39 is 0 Å². The van der Waals surface area contributed by atoms with E-state index in [2.05, 4.69) is 25.5 Å². The molecule has 0 heterocycles. The summed E-state index contributed by atoms with van der Waals surface area (Å²) in [5, 5.41) is 0. The molecule has 1 rings (SSSR count). The minimum atomic E-state index is 0.875. The molecule has 1 nitrogen and oxygen atoms in total. The molecule has 0 atom stereocenters. The molecule has 0 spiro atoms. The summed E-state index contributed by atoms with van der Waals surface area (Å²) >= 11 is 0. The van der Waals surface area contributed by atoms with E-state index in [1.807, 2.05) is 6.08 Å². The Morgan fingerprint density at radius 1 is 1.21 bits per heavy atom. The van der Waals surface area contributed by atoms with Crippen LogP contribution in [0.15, 0.2) is 24.0 Å². The average molecular weight is 193 g/mol. The molecule has 0 aliphatic heterocycles. The summed E-state index contributed by atoms with van der Waals surface area (Å²) < 4.78 is 5.62. The van der Waals surface area contributed by atoms with Crippen molar-refractivity contribution in [2.24, 2.45) is 0 Å². The Morgan fingerprint density at radius 3 is 2.79 bits per heavy atom. The van der Waals surface area contributed by atoms with Crippen molar-refractivity contribution in [2.75, 3.05) is 6.61 Å². The number of hydrogen-bond acceptors (Lipinski definition) is 1. The first-order valence-electron chi connectivity index (χ1n) is 5.76. The smallest absolute Gasteiger partial charge is 0.115 e. The quantitative estimate of drug-likeness (QED) is 0.555. The molecule has 0 saturated heterocycles. The molecule has 1 radical (unpaired) electrons. The van der Waals surface area contributed by atoms with E-state index in [9.17, 15) is 0 Å². The predicted molar refractivity (Wildman–Crippen MR) is 60.9 cm³/mol. The third-order valence-electron chi connectivity index (χ3n) is 2.37. The van der Waals surface area contributed by atoms with Crippen molar-refractivity contribution in [1.29, 1.82) is 0 Å². The molecule has 0 aromatic heterocycles. The van der Waals surface area contributed by atoms with Gasteiger partial charge in [-0.15, -0.1) is 0 Å². The van der Waals surface area contributed by atoms with Gasteiger partial charge in [-0.2, -0.15) is 0 Å². The fourth-order valence-electron chi connectivity index (χ4n) is 1.50. The lowest BCUT2D eigenvalue weighted by Crippen LogP contribution is -1.95. The lowest BCUT2D eigenvalue weighted by atomic mass is 10.1. The van der Waals surface area contributed by atoms with Crippen LogP contribution in [0.1, 0.15) is 45.4 Å². The largest absolute Gasteiger partial charge is 0.494 e. The molecule has 14 heavy (non-hydrogen) atoms. The van der Waals surface area contributed by atoms with Crippen molar-refractivity contribution in [1.82, 2.24) is 0 Å². The van der Waals surface area contributed by atoms with Gasteiger partial charge in [0.05, 0.1) is 6.61 Å². The SMILES string of the molecule is CCCCCCCOC1=CC[CH]C=C1. The van der Waals surface area contributed by atoms with Gasteiger partial charge < -0.3 is 4.74 Å². The number of ether oxygens (including phenoxy) is 1. The monoisotopic (exact) mass is 193 g/mol. The molecular formula is C13H21O. The summed E-state index contributed by atoms with van der Waals surface area (Å²) in [6.45, 7) is 3.12. The third kappa shape index (κ3) is 5.11. The van der Waals surface area contributed by atoms with Crippen molar-refractivity contribution in [3.63, 3.8) is 0 Å². The molecule has 0 fully saturated rings. The van der Waals surface area contributed by atoms with Gasteiger partial charge in [-0.3, -0.25) is 0 Å². The van der Waals surface area contributed by atoms with Gasteiger partial charge in [0, 0.05) is 0 Å². The van der Waals surface area contributed by atoms with Crippen LogP contribution >= 0.6 is 0 Å². The summed E-state index contributed by atoms with van der Waals surface area (Å²) in [6, 6.07) is 0. The molecule has 1 heteroatoms. The average Bonchev–Trinajstić information content (AvgIpc) is 2.25. The first-order valence-corrected chi connectivity index (χ1v) is 5.76. The maximum Gasteiger partial charge on any atom is 0.115 e. The van der Waals surface area contributed by atoms with E-state index in [0.717, 1.165) is 18.8 Å². The van der Waals surface area contributed by atoms with Crippen molar-refractivity contribution < 1.29 is 4.74 Å². The van der Waals surface area contributed by atoms with Gasteiger partial charge in [-0.05, 0) is 31.4 Å². The van der Waals surface area contributed by atoms with Crippen LogP contribution in [0.2, 0.25) is 0 Å². The second kappa shape index (κ2) is 7.66. The molecule has 1 aliphatic carbocycles. The summed E-state index contributed by atoms with van der Waals surface area (Å²) in [5.74, 6) is 1.04. The highest BCUT2D eigenvalue weighted by Gasteiger charge is 1.97. The summed E-state index contributed by atoms with van der Waals surface area (Å²) in [4.78, 5) is 0. The topological polar surface area (TPSA) is 9.23 Å². The highest BCUT2D eigenvalue weighted by atomic mass is 16.5. The van der Waals surface area contributed by atoms with Crippen molar-refractivity contribution in [3.8, 4) is 0 Å². The Balaban J connectivity index is 1.93. The van der Waals surface area contributed by atoms with Crippen LogP contribution in [0.3, 0.4) is 0 Å². The molecule has 79 valence electrons. The second-order valence-corrected chi connectivity index (χ2v) is 3.70. The van der Waals surface area contributed by atoms with E-state index in [1.54, 1.807) is 0 Å². The van der Waals surface area contributed by atoms with E-state index >= 15 is 0 Å². The Bertz CT molecular complexity index is 191. The zero-order chi connectivity index (χ0) is 10.1. The molecule has 0 bridgehead atoms. The maximum absolute atomic E-state index is 5.62. The van der Waals surface area contributed by atoms with E-state index in [1.165, 1.54) is 32.1 Å². The Morgan fingerprint density at radius 2 is 2.07 bits per heavy atom. The lowest BCUT2D eigenvalue weighted by molar-refractivity contribution is 0.215. The molecule has 0 aromatic rings. The molecule has 1 aliphatic rings. The fourth-order valence-corrected chi connectivity index (χ4v) is 1.50. The summed E-state index contributed by atoms with van der Waals surface area (Å²) in [6.07, 6.45) is 15.9. The molecule has 0 unspecified atom stereocenters. The van der Waals surface area contributed by atoms with Gasteiger partial charge in [0.1, 0.15) is 5.76 Å². The van der Waals surface area contributed by atoms with Crippen molar-refractivity contribution in [2.45, 2.75) is 45.4 Å². The standard InChI is InChI=1S/C13H21O/c1-2-3-4-5-9-12-14-13-10-7-6-8-11-13/h6-7,10-11H,2-5,8-9,12H2,1H3. The Hall–Kier alpha value is -0.720. The second-order valence-electron chi connectivity index (χ2n) is 3.70. The number of hydrogen-bond donors (Lipinski definition) is 0. The van der Waals surface area contributed by atoms with Gasteiger partial charge >= 0.3 is 0 Å². The van der Waals surface area contributed by atoms with Gasteiger partial charge in [0.25, 0.3) is 0 Å². The third-order valence-corrected chi connectivity index (χ3v) is 2.37. The van der Waals surface area contributed by atoms with Crippen LogP contribution in [0.4, 0.5) is 0 Å². The van der Waals surface area contributed by atoms with Crippen LogP contribution in [-0.4, -0.2) is 6.61 Å². The van der Waals surface area contributed by atoms with Gasteiger partial charge in [-0.1, -0.05) is 38.7 Å². The van der Waals surface area contributed by atoms with Crippen LogP contribution < -0.4 is 0 Å². The number of unbranched alkanes of at least 4 members (excludes halogenated alkanes) is 4. The lowest BCUT2D eigenvalue weighted by Gasteiger charge is -2.09. The number of allylic oxidation sites excluding steroid dienone is 3. The molecule has 0 amide bonds. The van der Waals surface area contributed by atoms with Gasteiger partial charge in [0.2, 0.25) is 0 Å². The van der Waals surface area contributed by atoms with E-state index in [4.69, 9.17) is 4.74 Å². The highest BCUT2D eigenvalue weighted by molar-refractivity contribution is 5.21. The molecule has 0 saturated carbocycles. The van der Waals surface area contributed by atoms with E-state index in [0.29, 0.717) is 0 Å². The van der Waals surface area contributed by atoms with Crippen LogP contribution in [0, 0.1) is 6.42 Å². The van der Waals surface area contributed by atoms with Crippen LogP contribution in [-0.2, 0) is 4.74 Å². The summed E-state index contributed by atoms with van der Waals surface area (Å²) in [5.41, 5.74) is 0. The highest BCUT2D eigenvalue weighted by Crippen LogP contribution is 2.11. The molecule has 0 aromatic carbocycles. The van der Waals surface area contributed by atoms with Crippen LogP contribution in [0.5, 0.6) is 0 Å². The normalized spacial score (nSPS) is 15.4. The first-order chi connectivity index (χ1) is 6.93. The minimum Gasteiger partial charge on any atom is -0.494 e. The number of rotatable bonds is 7. The predicted octanol–water partition coefficient (Wildman–Crippen LogP) is 4.02. The van der Waals surface area contributed by atoms with E-state index in [-0.39, 0.29) is 0 Å².